The van der Waals surface area contributed by atoms with Gasteiger partial charge in [0.25, 0.3) is 0 Å². The molecule has 4 nitrogen and oxygen atoms in total. The topological polar surface area (TPSA) is 52.5 Å². The van der Waals surface area contributed by atoms with Crippen LogP contribution in [0.25, 0.3) is 5.65 Å². The predicted molar refractivity (Wildman–Crippen MR) is 84.6 cm³/mol. The molecule has 0 radical (unpaired) electrons. The number of nitrogens with zero attached hydrogens (tertiary/aromatic N) is 2. The van der Waals surface area contributed by atoms with Gasteiger partial charge in [0.15, 0.2) is 0 Å². The molecule has 7 heteroatoms. The van der Waals surface area contributed by atoms with Crippen molar-refractivity contribution in [3.63, 3.8) is 0 Å². The van der Waals surface area contributed by atoms with Gasteiger partial charge in [0.05, 0.1) is 15.1 Å². The number of fused-ring (bicyclic) bond motifs is 1. The molecule has 0 aliphatic heterocycles. The van der Waals surface area contributed by atoms with Crippen LogP contribution >= 0.6 is 34.8 Å². The Morgan fingerprint density at radius 2 is 1.86 bits per heavy atom. The van der Waals surface area contributed by atoms with Gasteiger partial charge in [-0.15, -0.1) is 0 Å². The van der Waals surface area contributed by atoms with Crippen LogP contribution in [0.15, 0.2) is 36.5 Å². The fourth-order valence-corrected chi connectivity index (χ4v) is 2.55. The zero-order chi connectivity index (χ0) is 15.0. The molecule has 0 saturated heterocycles. The Labute approximate surface area is 136 Å². The van der Waals surface area contributed by atoms with Crippen LogP contribution in [-0.4, -0.2) is 9.38 Å². The summed E-state index contributed by atoms with van der Waals surface area (Å²) in [5.74, 6) is 0.771. The molecule has 0 unspecified atom stereocenters. The van der Waals surface area contributed by atoms with Gasteiger partial charge in [-0.25, -0.2) is 0 Å². The Bertz CT molecular complexity index is 817. The first-order valence-electron chi connectivity index (χ1n) is 6.08. The third-order valence-corrected chi connectivity index (χ3v) is 3.98. The first-order valence-corrected chi connectivity index (χ1v) is 7.22. The van der Waals surface area contributed by atoms with Crippen molar-refractivity contribution in [1.29, 1.82) is 0 Å². The Morgan fingerprint density at radius 3 is 2.62 bits per heavy atom. The highest BCUT2D eigenvalue weighted by atomic mass is 35.5. The van der Waals surface area contributed by atoms with E-state index in [1.54, 1.807) is 6.07 Å². The molecule has 2 aromatic heterocycles. The summed E-state index contributed by atoms with van der Waals surface area (Å²) in [5.41, 5.74) is 7.27. The quantitative estimate of drug-likeness (QED) is 0.711. The maximum Gasteiger partial charge on any atom is 0.242 e. The minimum absolute atomic E-state index is 0.277. The maximum absolute atomic E-state index is 6.11. The van der Waals surface area contributed by atoms with Crippen molar-refractivity contribution in [2.75, 3.05) is 0 Å². The molecular weight excluding hydrogens is 333 g/mol. The third kappa shape index (κ3) is 2.68. The van der Waals surface area contributed by atoms with E-state index in [0.29, 0.717) is 26.7 Å². The molecule has 0 atom stereocenters. The van der Waals surface area contributed by atoms with Gasteiger partial charge in [0.1, 0.15) is 17.1 Å². The summed E-state index contributed by atoms with van der Waals surface area (Å²) in [6, 6.07) is 8.72. The van der Waals surface area contributed by atoms with Gasteiger partial charge in [-0.3, -0.25) is 4.40 Å². The van der Waals surface area contributed by atoms with E-state index >= 15 is 0 Å². The zero-order valence-corrected chi connectivity index (χ0v) is 13.0. The molecule has 0 saturated carbocycles. The number of benzene rings is 1. The number of hydrogen-bond acceptors (Lipinski definition) is 3. The predicted octanol–water partition coefficient (Wildman–Crippen LogP) is 4.55. The highest BCUT2D eigenvalue weighted by Crippen LogP contribution is 2.37. The van der Waals surface area contributed by atoms with Crippen molar-refractivity contribution >= 4 is 40.4 Å². The second kappa shape index (κ2) is 5.73. The van der Waals surface area contributed by atoms with Crippen molar-refractivity contribution in [1.82, 2.24) is 9.38 Å². The average molecular weight is 343 g/mol. The molecular formula is C14H10Cl3N3O. The molecule has 21 heavy (non-hydrogen) atoms. The largest absolute Gasteiger partial charge is 0.436 e. The van der Waals surface area contributed by atoms with Gasteiger partial charge in [-0.2, -0.15) is 4.98 Å². The molecule has 0 bridgehead atoms. The van der Waals surface area contributed by atoms with E-state index in [1.807, 2.05) is 28.8 Å². The number of aromatic nitrogens is 2. The minimum atomic E-state index is 0.277. The first-order chi connectivity index (χ1) is 10.1. The molecule has 108 valence electrons. The number of pyridine rings is 1. The summed E-state index contributed by atoms with van der Waals surface area (Å²) in [5, 5.41) is 1.07. The summed E-state index contributed by atoms with van der Waals surface area (Å²) in [6.07, 6.45) is 1.87. The molecule has 3 rings (SSSR count). The van der Waals surface area contributed by atoms with Crippen LogP contribution in [0, 0.1) is 0 Å². The van der Waals surface area contributed by atoms with Gasteiger partial charge >= 0.3 is 0 Å². The second-order valence-electron chi connectivity index (χ2n) is 4.30. The van der Waals surface area contributed by atoms with Crippen molar-refractivity contribution in [3.8, 4) is 11.6 Å². The highest BCUT2D eigenvalue weighted by Gasteiger charge is 2.15. The summed E-state index contributed by atoms with van der Waals surface area (Å²) in [7, 11) is 0. The molecule has 1 aromatic carbocycles. The van der Waals surface area contributed by atoms with Crippen LogP contribution in [0.3, 0.4) is 0 Å². The smallest absolute Gasteiger partial charge is 0.242 e. The first kappa shape index (κ1) is 14.5. The minimum Gasteiger partial charge on any atom is -0.436 e. The van der Waals surface area contributed by atoms with Gasteiger partial charge in [0, 0.05) is 18.8 Å². The number of hydrogen-bond donors (Lipinski definition) is 1. The van der Waals surface area contributed by atoms with Gasteiger partial charge in [0.2, 0.25) is 5.88 Å². The van der Waals surface area contributed by atoms with Crippen molar-refractivity contribution in [3.05, 3.63) is 57.3 Å². The normalized spacial score (nSPS) is 11.0. The van der Waals surface area contributed by atoms with E-state index in [0.717, 1.165) is 11.3 Å². The second-order valence-corrected chi connectivity index (χ2v) is 5.52. The molecule has 2 heterocycles. The van der Waals surface area contributed by atoms with E-state index in [2.05, 4.69) is 4.98 Å². The third-order valence-electron chi connectivity index (χ3n) is 2.97. The van der Waals surface area contributed by atoms with Crippen molar-refractivity contribution in [2.45, 2.75) is 6.54 Å². The van der Waals surface area contributed by atoms with E-state index in [1.165, 1.54) is 6.07 Å². The Morgan fingerprint density at radius 1 is 1.10 bits per heavy atom. The standard InChI is InChI=1S/C14H10Cl3N3O/c15-8-5-10(17)12(6-9(8)16)21-14-11(7-18)20-4-2-1-3-13(20)19-14/h1-6H,7,18H2. The van der Waals surface area contributed by atoms with Crippen LogP contribution in [-0.2, 0) is 6.54 Å². The van der Waals surface area contributed by atoms with E-state index in [-0.39, 0.29) is 6.54 Å². The molecule has 3 aromatic rings. The Hall–Kier alpha value is -1.46. The average Bonchev–Trinajstić information content (AvgIpc) is 2.81. The number of nitrogens with two attached hydrogens (primary N) is 1. The van der Waals surface area contributed by atoms with Crippen LogP contribution in [0.4, 0.5) is 0 Å². The summed E-state index contributed by atoms with van der Waals surface area (Å²) in [6.45, 7) is 0.277. The number of imidazole rings is 1. The molecule has 0 fully saturated rings. The Kier molecular flexibility index (Phi) is 3.95. The molecule has 0 spiro atoms. The molecule has 0 aliphatic rings. The summed E-state index contributed by atoms with van der Waals surface area (Å²) < 4.78 is 7.63. The van der Waals surface area contributed by atoms with Crippen LogP contribution in [0.5, 0.6) is 11.6 Å². The monoisotopic (exact) mass is 341 g/mol. The van der Waals surface area contributed by atoms with E-state index in [4.69, 9.17) is 45.3 Å². The van der Waals surface area contributed by atoms with E-state index in [9.17, 15) is 0 Å². The summed E-state index contributed by atoms with van der Waals surface area (Å²) >= 11 is 18.0. The lowest BCUT2D eigenvalue weighted by Gasteiger charge is -2.08. The summed E-state index contributed by atoms with van der Waals surface area (Å²) in [4.78, 5) is 4.40. The number of rotatable bonds is 3. The lowest BCUT2D eigenvalue weighted by molar-refractivity contribution is 0.459. The van der Waals surface area contributed by atoms with Crippen LogP contribution in [0.2, 0.25) is 15.1 Å². The molecule has 0 aliphatic carbocycles. The Balaban J connectivity index is 2.08. The molecule has 2 N–H and O–H groups in total. The van der Waals surface area contributed by atoms with Crippen LogP contribution in [0.1, 0.15) is 5.69 Å². The molecule has 0 amide bonds. The van der Waals surface area contributed by atoms with Gasteiger partial charge < -0.3 is 10.5 Å². The lowest BCUT2D eigenvalue weighted by Crippen LogP contribution is -2.02. The number of halogens is 3. The van der Waals surface area contributed by atoms with E-state index < -0.39 is 0 Å². The number of ether oxygens (including phenoxy) is 1. The fraction of sp³-hybridized carbons (Fsp3) is 0.0714. The van der Waals surface area contributed by atoms with Crippen LogP contribution < -0.4 is 10.5 Å². The highest BCUT2D eigenvalue weighted by molar-refractivity contribution is 6.43. The zero-order valence-electron chi connectivity index (χ0n) is 10.7. The fourth-order valence-electron chi connectivity index (χ4n) is 1.98. The lowest BCUT2D eigenvalue weighted by atomic mass is 10.3. The van der Waals surface area contributed by atoms with Crippen molar-refractivity contribution in [2.24, 2.45) is 5.73 Å². The maximum atomic E-state index is 6.11. The van der Waals surface area contributed by atoms with Crippen molar-refractivity contribution < 1.29 is 4.74 Å². The van der Waals surface area contributed by atoms with Gasteiger partial charge in [-0.1, -0.05) is 40.9 Å². The van der Waals surface area contributed by atoms with Gasteiger partial charge in [-0.05, 0) is 18.2 Å². The SMILES string of the molecule is NCc1c(Oc2cc(Cl)c(Cl)cc2Cl)nc2ccccn12.